The molecule has 4 heteroatoms. The number of piperidine rings is 1. The Balaban J connectivity index is 1.47. The van der Waals surface area contributed by atoms with Crippen molar-refractivity contribution >= 4 is 5.91 Å². The molecule has 4 nitrogen and oxygen atoms in total. The highest BCUT2D eigenvalue weighted by Crippen LogP contribution is 2.36. The van der Waals surface area contributed by atoms with Crippen LogP contribution in [-0.4, -0.2) is 33.7 Å². The average Bonchev–Trinajstić information content (AvgIpc) is 3.07. The number of carbonyl (C=O) groups is 1. The summed E-state index contributed by atoms with van der Waals surface area (Å²) in [5, 5.41) is 4.32. The van der Waals surface area contributed by atoms with Gasteiger partial charge in [0, 0.05) is 30.5 Å². The molecule has 0 radical (unpaired) electrons. The average molecular weight is 323 g/mol. The van der Waals surface area contributed by atoms with Crippen LogP contribution in [0.15, 0.2) is 36.5 Å². The number of likely N-dealkylation sites (tertiary alicyclic amines) is 1. The minimum Gasteiger partial charge on any atom is -0.338 e. The Kier molecular flexibility index (Phi) is 4.13. The van der Waals surface area contributed by atoms with Crippen LogP contribution < -0.4 is 0 Å². The fraction of sp³-hybridized carbons (Fsp3) is 0.500. The Morgan fingerprint density at radius 1 is 1.04 bits per heavy atom. The zero-order chi connectivity index (χ0) is 16.5. The van der Waals surface area contributed by atoms with Crippen molar-refractivity contribution < 1.29 is 4.79 Å². The first-order valence-electron chi connectivity index (χ1n) is 9.13. The Hall–Kier alpha value is -2.10. The molecule has 2 aromatic rings. The van der Waals surface area contributed by atoms with Gasteiger partial charge in [-0.1, -0.05) is 19.3 Å². The molecule has 1 saturated carbocycles. The van der Waals surface area contributed by atoms with Crippen LogP contribution in [0, 0.1) is 18.8 Å². The summed E-state index contributed by atoms with van der Waals surface area (Å²) in [6, 6.07) is 9.83. The largest absolute Gasteiger partial charge is 0.338 e. The molecule has 1 aliphatic heterocycles. The van der Waals surface area contributed by atoms with E-state index in [0.29, 0.717) is 0 Å². The summed E-state index contributed by atoms with van der Waals surface area (Å²) < 4.78 is 1.89. The van der Waals surface area contributed by atoms with E-state index in [-0.39, 0.29) is 5.91 Å². The smallest absolute Gasteiger partial charge is 0.253 e. The molecule has 126 valence electrons. The number of aryl methyl sites for hydroxylation is 1. The number of hydrogen-bond donors (Lipinski definition) is 0. The first-order chi connectivity index (χ1) is 11.7. The van der Waals surface area contributed by atoms with Gasteiger partial charge in [0.25, 0.3) is 5.91 Å². The molecule has 24 heavy (non-hydrogen) atoms. The fourth-order valence-corrected chi connectivity index (χ4v) is 4.35. The lowest BCUT2D eigenvalue weighted by Crippen LogP contribution is -2.44. The van der Waals surface area contributed by atoms with Gasteiger partial charge < -0.3 is 4.90 Å². The number of rotatable bonds is 2. The highest BCUT2D eigenvalue weighted by Gasteiger charge is 2.33. The van der Waals surface area contributed by atoms with E-state index in [2.05, 4.69) is 10.00 Å². The Morgan fingerprint density at radius 3 is 2.50 bits per heavy atom. The maximum Gasteiger partial charge on any atom is 0.253 e. The van der Waals surface area contributed by atoms with Gasteiger partial charge in [0.1, 0.15) is 0 Å². The topological polar surface area (TPSA) is 38.1 Å². The zero-order valence-corrected chi connectivity index (χ0v) is 14.3. The highest BCUT2D eigenvalue weighted by atomic mass is 16.2. The highest BCUT2D eigenvalue weighted by molar-refractivity contribution is 5.94. The van der Waals surface area contributed by atoms with Gasteiger partial charge in [0.05, 0.1) is 5.69 Å². The van der Waals surface area contributed by atoms with Crippen molar-refractivity contribution in [2.24, 2.45) is 11.8 Å². The minimum atomic E-state index is 0.183. The van der Waals surface area contributed by atoms with Gasteiger partial charge in [-0.2, -0.15) is 5.10 Å². The van der Waals surface area contributed by atoms with E-state index in [9.17, 15) is 4.79 Å². The quantitative estimate of drug-likeness (QED) is 0.842. The van der Waals surface area contributed by atoms with Gasteiger partial charge in [-0.25, -0.2) is 4.68 Å². The number of aromatic nitrogens is 2. The maximum absolute atomic E-state index is 12.8. The number of nitrogens with zero attached hydrogens (tertiary/aromatic N) is 3. The van der Waals surface area contributed by atoms with Crippen molar-refractivity contribution in [1.29, 1.82) is 0 Å². The van der Waals surface area contributed by atoms with E-state index in [1.807, 2.05) is 41.9 Å². The summed E-state index contributed by atoms with van der Waals surface area (Å²) in [7, 11) is 0. The lowest BCUT2D eigenvalue weighted by molar-refractivity contribution is 0.0521. The second-order valence-corrected chi connectivity index (χ2v) is 7.28. The van der Waals surface area contributed by atoms with Gasteiger partial charge in [-0.05, 0) is 61.9 Å². The summed E-state index contributed by atoms with van der Waals surface area (Å²) in [5.74, 6) is 1.76. The molecule has 0 N–H and O–H groups in total. The molecule has 0 bridgehead atoms. The molecule has 1 saturated heterocycles. The van der Waals surface area contributed by atoms with Crippen LogP contribution >= 0.6 is 0 Å². The summed E-state index contributed by atoms with van der Waals surface area (Å²) in [6.07, 6.45) is 8.35. The minimum absolute atomic E-state index is 0.183. The van der Waals surface area contributed by atoms with Crippen molar-refractivity contribution in [3.8, 4) is 5.69 Å². The molecule has 2 atom stereocenters. The standard InChI is InChI=1S/C20H25N3O/c1-15-10-12-21-23(15)19-8-6-17(7-9-19)20(24)22-13-11-16-4-2-3-5-18(16)14-22/h6-10,12,16,18H,2-5,11,13-14H2,1H3/t16-,18-/m1/s1. The summed E-state index contributed by atoms with van der Waals surface area (Å²) in [6.45, 7) is 3.89. The lowest BCUT2D eigenvalue weighted by Gasteiger charge is -2.41. The predicted molar refractivity (Wildman–Crippen MR) is 94.3 cm³/mol. The molecule has 2 fully saturated rings. The molecule has 4 rings (SSSR count). The van der Waals surface area contributed by atoms with Crippen molar-refractivity contribution in [1.82, 2.24) is 14.7 Å². The third-order valence-corrected chi connectivity index (χ3v) is 5.77. The first kappa shape index (κ1) is 15.4. The molecular weight excluding hydrogens is 298 g/mol. The fourth-order valence-electron chi connectivity index (χ4n) is 4.35. The van der Waals surface area contributed by atoms with E-state index in [1.54, 1.807) is 6.20 Å². The normalized spacial score (nSPS) is 23.8. The molecule has 1 amide bonds. The predicted octanol–water partition coefficient (Wildman–Crippen LogP) is 3.83. The van der Waals surface area contributed by atoms with Gasteiger partial charge >= 0.3 is 0 Å². The molecule has 0 unspecified atom stereocenters. The molecule has 2 heterocycles. The molecule has 1 aliphatic carbocycles. The second-order valence-electron chi connectivity index (χ2n) is 7.28. The van der Waals surface area contributed by atoms with Crippen LogP contribution in [0.3, 0.4) is 0 Å². The van der Waals surface area contributed by atoms with Crippen molar-refractivity contribution in [2.75, 3.05) is 13.1 Å². The van der Waals surface area contributed by atoms with Crippen LogP contribution in [0.2, 0.25) is 0 Å². The van der Waals surface area contributed by atoms with Crippen molar-refractivity contribution in [3.05, 3.63) is 47.8 Å². The third kappa shape index (κ3) is 2.85. The van der Waals surface area contributed by atoms with Crippen LogP contribution in [-0.2, 0) is 0 Å². The number of benzene rings is 1. The van der Waals surface area contributed by atoms with E-state index < -0.39 is 0 Å². The Bertz CT molecular complexity index is 719. The number of hydrogen-bond acceptors (Lipinski definition) is 2. The zero-order valence-electron chi connectivity index (χ0n) is 14.3. The van der Waals surface area contributed by atoms with Gasteiger partial charge in [0.2, 0.25) is 0 Å². The number of carbonyl (C=O) groups excluding carboxylic acids is 1. The number of amides is 1. The van der Waals surface area contributed by atoms with Gasteiger partial charge in [-0.3, -0.25) is 4.79 Å². The first-order valence-corrected chi connectivity index (χ1v) is 9.13. The van der Waals surface area contributed by atoms with Crippen molar-refractivity contribution in [3.63, 3.8) is 0 Å². The van der Waals surface area contributed by atoms with Gasteiger partial charge in [0.15, 0.2) is 0 Å². The van der Waals surface area contributed by atoms with Gasteiger partial charge in [-0.15, -0.1) is 0 Å². The number of fused-ring (bicyclic) bond motifs is 1. The maximum atomic E-state index is 12.8. The summed E-state index contributed by atoms with van der Waals surface area (Å²) in [5.41, 5.74) is 2.88. The second kappa shape index (κ2) is 6.42. The Morgan fingerprint density at radius 2 is 1.79 bits per heavy atom. The van der Waals surface area contributed by atoms with Crippen molar-refractivity contribution in [2.45, 2.75) is 39.0 Å². The monoisotopic (exact) mass is 323 g/mol. The van der Waals surface area contributed by atoms with Crippen LogP contribution in [0.1, 0.15) is 48.2 Å². The van der Waals surface area contributed by atoms with Crippen LogP contribution in [0.25, 0.3) is 5.69 Å². The van der Waals surface area contributed by atoms with E-state index in [0.717, 1.165) is 41.9 Å². The van der Waals surface area contributed by atoms with E-state index >= 15 is 0 Å². The van der Waals surface area contributed by atoms with E-state index in [4.69, 9.17) is 0 Å². The Labute approximate surface area is 143 Å². The lowest BCUT2D eigenvalue weighted by atomic mass is 9.75. The molecule has 0 spiro atoms. The molecule has 2 aliphatic rings. The van der Waals surface area contributed by atoms with Crippen LogP contribution in [0.4, 0.5) is 0 Å². The SMILES string of the molecule is Cc1ccnn1-c1ccc(C(=O)N2CC[C@H]3CCCC[C@@H]3C2)cc1. The summed E-state index contributed by atoms with van der Waals surface area (Å²) in [4.78, 5) is 14.9. The molecule has 1 aromatic carbocycles. The molecular formula is C20H25N3O. The van der Waals surface area contributed by atoms with Crippen LogP contribution in [0.5, 0.6) is 0 Å². The third-order valence-electron chi connectivity index (χ3n) is 5.77. The molecule has 1 aromatic heterocycles. The summed E-state index contributed by atoms with van der Waals surface area (Å²) >= 11 is 0. The van der Waals surface area contributed by atoms with E-state index in [1.165, 1.54) is 32.1 Å².